The minimum atomic E-state index is 0.695. The SMILES string of the molecule is Clc1cc(Br)cc(-c2ccco2)c1. The summed E-state index contributed by atoms with van der Waals surface area (Å²) in [5.74, 6) is 0.822. The monoisotopic (exact) mass is 256 g/mol. The van der Waals surface area contributed by atoms with Crippen LogP contribution in [0.3, 0.4) is 0 Å². The summed E-state index contributed by atoms with van der Waals surface area (Å²) in [4.78, 5) is 0. The van der Waals surface area contributed by atoms with E-state index in [1.54, 1.807) is 6.26 Å². The molecule has 0 radical (unpaired) electrons. The molecule has 13 heavy (non-hydrogen) atoms. The van der Waals surface area contributed by atoms with E-state index in [1.807, 2.05) is 30.3 Å². The van der Waals surface area contributed by atoms with Gasteiger partial charge in [0.2, 0.25) is 0 Å². The summed E-state index contributed by atoms with van der Waals surface area (Å²) in [6, 6.07) is 9.42. The largest absolute Gasteiger partial charge is 0.464 e. The van der Waals surface area contributed by atoms with Gasteiger partial charge in [-0.25, -0.2) is 0 Å². The Hall–Kier alpha value is -0.730. The Morgan fingerprint density at radius 2 is 2.08 bits per heavy atom. The first-order valence-electron chi connectivity index (χ1n) is 3.76. The molecule has 0 aliphatic heterocycles. The van der Waals surface area contributed by atoms with Gasteiger partial charge in [-0.3, -0.25) is 0 Å². The molecule has 1 aromatic carbocycles. The van der Waals surface area contributed by atoms with Crippen molar-refractivity contribution in [3.8, 4) is 11.3 Å². The van der Waals surface area contributed by atoms with Crippen molar-refractivity contribution < 1.29 is 4.42 Å². The third kappa shape index (κ3) is 1.95. The maximum atomic E-state index is 5.90. The van der Waals surface area contributed by atoms with Gasteiger partial charge in [0.1, 0.15) is 5.76 Å². The van der Waals surface area contributed by atoms with E-state index in [9.17, 15) is 0 Å². The second-order valence-corrected chi connectivity index (χ2v) is 3.99. The van der Waals surface area contributed by atoms with E-state index in [-0.39, 0.29) is 0 Å². The molecular formula is C10H6BrClO. The van der Waals surface area contributed by atoms with Crippen molar-refractivity contribution in [1.29, 1.82) is 0 Å². The molecule has 2 aromatic rings. The smallest absolute Gasteiger partial charge is 0.133 e. The Morgan fingerprint density at radius 1 is 1.23 bits per heavy atom. The third-order valence-corrected chi connectivity index (χ3v) is 2.34. The van der Waals surface area contributed by atoms with Crippen molar-refractivity contribution in [2.24, 2.45) is 0 Å². The van der Waals surface area contributed by atoms with E-state index < -0.39 is 0 Å². The van der Waals surface area contributed by atoms with Crippen molar-refractivity contribution in [1.82, 2.24) is 0 Å². The fraction of sp³-hybridized carbons (Fsp3) is 0. The maximum Gasteiger partial charge on any atom is 0.133 e. The molecule has 0 N–H and O–H groups in total. The standard InChI is InChI=1S/C10H6BrClO/c11-8-4-7(5-9(12)6-8)10-2-1-3-13-10/h1-6H. The molecule has 1 aromatic heterocycles. The van der Waals surface area contributed by atoms with E-state index in [0.29, 0.717) is 5.02 Å². The Morgan fingerprint density at radius 3 is 2.69 bits per heavy atom. The van der Waals surface area contributed by atoms with Gasteiger partial charge >= 0.3 is 0 Å². The summed E-state index contributed by atoms with van der Waals surface area (Å²) in [6.45, 7) is 0. The molecule has 0 unspecified atom stereocenters. The van der Waals surface area contributed by atoms with Crippen LogP contribution in [-0.4, -0.2) is 0 Å². The summed E-state index contributed by atoms with van der Waals surface area (Å²) in [7, 11) is 0. The predicted octanol–water partition coefficient (Wildman–Crippen LogP) is 4.36. The van der Waals surface area contributed by atoms with Crippen LogP contribution in [0.4, 0.5) is 0 Å². The highest BCUT2D eigenvalue weighted by Crippen LogP contribution is 2.27. The molecule has 0 fully saturated rings. The molecule has 0 bridgehead atoms. The van der Waals surface area contributed by atoms with E-state index in [2.05, 4.69) is 15.9 Å². The summed E-state index contributed by atoms with van der Waals surface area (Å²) in [5, 5.41) is 0.695. The number of hydrogen-bond acceptors (Lipinski definition) is 1. The van der Waals surface area contributed by atoms with Crippen LogP contribution < -0.4 is 0 Å². The zero-order valence-electron chi connectivity index (χ0n) is 6.63. The van der Waals surface area contributed by atoms with Crippen LogP contribution in [0.2, 0.25) is 5.02 Å². The van der Waals surface area contributed by atoms with Gasteiger partial charge < -0.3 is 4.42 Å². The molecule has 0 saturated carbocycles. The van der Waals surface area contributed by atoms with Gasteiger partial charge in [-0.05, 0) is 30.3 Å². The lowest BCUT2D eigenvalue weighted by Gasteiger charge is -1.98. The molecule has 1 nitrogen and oxygen atoms in total. The quantitative estimate of drug-likeness (QED) is 0.740. The van der Waals surface area contributed by atoms with Crippen LogP contribution in [0, 0.1) is 0 Å². The Balaban J connectivity index is 2.53. The van der Waals surface area contributed by atoms with Crippen molar-refractivity contribution in [2.75, 3.05) is 0 Å². The Kier molecular flexibility index (Phi) is 2.42. The fourth-order valence-electron chi connectivity index (χ4n) is 1.14. The van der Waals surface area contributed by atoms with Crippen LogP contribution in [-0.2, 0) is 0 Å². The zero-order valence-corrected chi connectivity index (χ0v) is 8.97. The summed E-state index contributed by atoms with van der Waals surface area (Å²) in [5.41, 5.74) is 0.976. The molecule has 0 aliphatic carbocycles. The first-order valence-corrected chi connectivity index (χ1v) is 4.93. The number of halogens is 2. The van der Waals surface area contributed by atoms with Crippen LogP contribution in [0.25, 0.3) is 11.3 Å². The molecule has 0 spiro atoms. The number of hydrogen-bond donors (Lipinski definition) is 0. The maximum absolute atomic E-state index is 5.90. The van der Waals surface area contributed by atoms with Gasteiger partial charge in [0.25, 0.3) is 0 Å². The second-order valence-electron chi connectivity index (χ2n) is 2.64. The highest BCUT2D eigenvalue weighted by Gasteiger charge is 2.02. The second kappa shape index (κ2) is 3.56. The van der Waals surface area contributed by atoms with Gasteiger partial charge in [-0.1, -0.05) is 27.5 Å². The highest BCUT2D eigenvalue weighted by molar-refractivity contribution is 9.10. The van der Waals surface area contributed by atoms with Crippen LogP contribution in [0.1, 0.15) is 0 Å². The molecule has 1 heterocycles. The number of furan rings is 1. The lowest BCUT2D eigenvalue weighted by Crippen LogP contribution is -1.74. The van der Waals surface area contributed by atoms with Crippen LogP contribution in [0.15, 0.2) is 45.5 Å². The van der Waals surface area contributed by atoms with Gasteiger partial charge in [-0.15, -0.1) is 0 Å². The van der Waals surface area contributed by atoms with Crippen molar-refractivity contribution in [3.63, 3.8) is 0 Å². The lowest BCUT2D eigenvalue weighted by molar-refractivity contribution is 0.582. The molecule has 2 rings (SSSR count). The average molecular weight is 258 g/mol. The van der Waals surface area contributed by atoms with Crippen LogP contribution >= 0.6 is 27.5 Å². The highest BCUT2D eigenvalue weighted by atomic mass is 79.9. The molecular weight excluding hydrogens is 251 g/mol. The fourth-order valence-corrected chi connectivity index (χ4v) is 2.00. The molecule has 0 saturated heterocycles. The first-order chi connectivity index (χ1) is 6.25. The molecule has 66 valence electrons. The number of benzene rings is 1. The summed E-state index contributed by atoms with van der Waals surface area (Å²) < 4.78 is 6.20. The van der Waals surface area contributed by atoms with E-state index in [4.69, 9.17) is 16.0 Å². The van der Waals surface area contributed by atoms with Crippen molar-refractivity contribution in [3.05, 3.63) is 46.1 Å². The topological polar surface area (TPSA) is 13.1 Å². The first kappa shape index (κ1) is 8.85. The van der Waals surface area contributed by atoms with E-state index in [0.717, 1.165) is 15.8 Å². The molecule has 0 aliphatic rings. The Bertz CT molecular complexity index is 389. The van der Waals surface area contributed by atoms with Crippen LogP contribution in [0.5, 0.6) is 0 Å². The zero-order chi connectivity index (χ0) is 9.26. The summed E-state index contributed by atoms with van der Waals surface area (Å²) >= 11 is 9.27. The van der Waals surface area contributed by atoms with Gasteiger partial charge in [0, 0.05) is 15.1 Å². The average Bonchev–Trinajstić information content (AvgIpc) is 2.53. The molecule has 0 atom stereocenters. The van der Waals surface area contributed by atoms with E-state index >= 15 is 0 Å². The number of rotatable bonds is 1. The van der Waals surface area contributed by atoms with Gasteiger partial charge in [0.15, 0.2) is 0 Å². The lowest BCUT2D eigenvalue weighted by atomic mass is 10.2. The normalized spacial score (nSPS) is 10.3. The van der Waals surface area contributed by atoms with Crippen molar-refractivity contribution in [2.45, 2.75) is 0 Å². The molecule has 0 amide bonds. The van der Waals surface area contributed by atoms with Gasteiger partial charge in [-0.2, -0.15) is 0 Å². The molecule has 3 heteroatoms. The Labute approximate surface area is 89.5 Å². The third-order valence-electron chi connectivity index (χ3n) is 1.67. The minimum Gasteiger partial charge on any atom is -0.464 e. The summed E-state index contributed by atoms with van der Waals surface area (Å²) in [6.07, 6.45) is 1.64. The van der Waals surface area contributed by atoms with E-state index in [1.165, 1.54) is 0 Å². The minimum absolute atomic E-state index is 0.695. The van der Waals surface area contributed by atoms with Gasteiger partial charge in [0.05, 0.1) is 6.26 Å². The van der Waals surface area contributed by atoms with Crippen molar-refractivity contribution >= 4 is 27.5 Å². The predicted molar refractivity (Wildman–Crippen MR) is 56.9 cm³/mol.